The van der Waals surface area contributed by atoms with Gasteiger partial charge in [0.1, 0.15) is 0 Å². The summed E-state index contributed by atoms with van der Waals surface area (Å²) in [5.41, 5.74) is 1.56. The molecule has 3 rings (SSSR count). The molecule has 0 aliphatic carbocycles. The van der Waals surface area contributed by atoms with Crippen molar-refractivity contribution in [1.29, 1.82) is 0 Å². The fourth-order valence-corrected chi connectivity index (χ4v) is 4.29. The van der Waals surface area contributed by atoms with Crippen molar-refractivity contribution in [1.82, 2.24) is 10.2 Å². The SMILES string of the molecule is CC1(C)CNC(c2ccccc2)CN1Cc1cc(Br)cs1. The van der Waals surface area contributed by atoms with E-state index in [1.54, 1.807) is 0 Å². The number of nitrogens with one attached hydrogen (secondary N) is 1. The van der Waals surface area contributed by atoms with E-state index in [-0.39, 0.29) is 5.54 Å². The zero-order valence-electron chi connectivity index (χ0n) is 12.5. The van der Waals surface area contributed by atoms with Gasteiger partial charge < -0.3 is 5.32 Å². The lowest BCUT2D eigenvalue weighted by Crippen LogP contribution is -2.58. The summed E-state index contributed by atoms with van der Waals surface area (Å²) in [4.78, 5) is 4.02. The van der Waals surface area contributed by atoms with Gasteiger partial charge in [-0.3, -0.25) is 4.90 Å². The number of piperazine rings is 1. The Morgan fingerprint density at radius 2 is 2.10 bits per heavy atom. The van der Waals surface area contributed by atoms with Crippen LogP contribution in [-0.2, 0) is 6.54 Å². The molecule has 1 unspecified atom stereocenters. The first-order chi connectivity index (χ1) is 10.0. The van der Waals surface area contributed by atoms with Gasteiger partial charge in [-0.2, -0.15) is 0 Å². The molecular formula is C17H21BrN2S. The van der Waals surface area contributed by atoms with E-state index in [1.165, 1.54) is 14.9 Å². The molecule has 1 aliphatic heterocycles. The van der Waals surface area contributed by atoms with Gasteiger partial charge in [-0.25, -0.2) is 0 Å². The summed E-state index contributed by atoms with van der Waals surface area (Å²) in [6.07, 6.45) is 0. The molecule has 1 aromatic heterocycles. The van der Waals surface area contributed by atoms with Gasteiger partial charge >= 0.3 is 0 Å². The van der Waals surface area contributed by atoms with E-state index in [2.05, 4.69) is 81.8 Å². The van der Waals surface area contributed by atoms with Gasteiger partial charge in [0, 0.05) is 45.9 Å². The Kier molecular flexibility index (Phi) is 4.50. The summed E-state index contributed by atoms with van der Waals surface area (Å²) in [7, 11) is 0. The summed E-state index contributed by atoms with van der Waals surface area (Å²) in [6, 6.07) is 13.4. The summed E-state index contributed by atoms with van der Waals surface area (Å²) >= 11 is 5.39. The van der Waals surface area contributed by atoms with E-state index in [0.717, 1.165) is 19.6 Å². The third-order valence-corrected chi connectivity index (χ3v) is 5.89. The Morgan fingerprint density at radius 1 is 1.33 bits per heavy atom. The normalized spacial score (nSPS) is 22.3. The number of hydrogen-bond acceptors (Lipinski definition) is 3. The molecule has 4 heteroatoms. The van der Waals surface area contributed by atoms with Gasteiger partial charge in [0.05, 0.1) is 0 Å². The minimum absolute atomic E-state index is 0.182. The molecule has 112 valence electrons. The van der Waals surface area contributed by atoms with Crippen LogP contribution in [0.25, 0.3) is 0 Å². The Hall–Kier alpha value is -0.680. The van der Waals surface area contributed by atoms with Crippen LogP contribution in [0.1, 0.15) is 30.3 Å². The fourth-order valence-electron chi connectivity index (χ4n) is 2.83. The van der Waals surface area contributed by atoms with Crippen LogP contribution < -0.4 is 5.32 Å². The third-order valence-electron chi connectivity index (χ3n) is 4.21. The zero-order chi connectivity index (χ0) is 14.9. The van der Waals surface area contributed by atoms with Crippen LogP contribution in [-0.4, -0.2) is 23.5 Å². The van der Waals surface area contributed by atoms with Crippen LogP contribution in [0.5, 0.6) is 0 Å². The smallest absolute Gasteiger partial charge is 0.0450 e. The lowest BCUT2D eigenvalue weighted by molar-refractivity contribution is 0.0593. The van der Waals surface area contributed by atoms with Crippen LogP contribution in [0, 0.1) is 0 Å². The molecule has 0 radical (unpaired) electrons. The molecule has 0 spiro atoms. The summed E-state index contributed by atoms with van der Waals surface area (Å²) < 4.78 is 1.19. The van der Waals surface area contributed by atoms with Crippen LogP contribution in [0.15, 0.2) is 46.3 Å². The first-order valence-electron chi connectivity index (χ1n) is 7.31. The van der Waals surface area contributed by atoms with Gasteiger partial charge in [0.15, 0.2) is 0 Å². The monoisotopic (exact) mass is 364 g/mol. The summed E-state index contributed by atoms with van der Waals surface area (Å²) in [6.45, 7) is 7.73. The molecule has 0 amide bonds. The Bertz CT molecular complexity index is 594. The highest BCUT2D eigenvalue weighted by Gasteiger charge is 2.34. The maximum Gasteiger partial charge on any atom is 0.0450 e. The van der Waals surface area contributed by atoms with Crippen molar-refractivity contribution in [3.63, 3.8) is 0 Å². The van der Waals surface area contributed by atoms with Crippen molar-refractivity contribution >= 4 is 27.3 Å². The van der Waals surface area contributed by atoms with E-state index >= 15 is 0 Å². The van der Waals surface area contributed by atoms with Gasteiger partial charge in [-0.1, -0.05) is 30.3 Å². The lowest BCUT2D eigenvalue weighted by atomic mass is 9.94. The number of benzene rings is 1. The van der Waals surface area contributed by atoms with Gasteiger partial charge in [0.25, 0.3) is 0 Å². The van der Waals surface area contributed by atoms with Gasteiger partial charge in [-0.05, 0) is 41.4 Å². The highest BCUT2D eigenvalue weighted by Crippen LogP contribution is 2.29. The van der Waals surface area contributed by atoms with Crippen molar-refractivity contribution in [3.8, 4) is 0 Å². The average Bonchev–Trinajstić information content (AvgIpc) is 2.87. The van der Waals surface area contributed by atoms with Crippen LogP contribution in [0.3, 0.4) is 0 Å². The maximum absolute atomic E-state index is 3.70. The first kappa shape index (κ1) is 15.2. The Morgan fingerprint density at radius 3 is 2.76 bits per heavy atom. The topological polar surface area (TPSA) is 15.3 Å². The van der Waals surface area contributed by atoms with Crippen molar-refractivity contribution in [2.45, 2.75) is 32.0 Å². The highest BCUT2D eigenvalue weighted by atomic mass is 79.9. The second-order valence-electron chi connectivity index (χ2n) is 6.27. The second kappa shape index (κ2) is 6.21. The average molecular weight is 365 g/mol. The molecule has 1 fully saturated rings. The molecule has 0 bridgehead atoms. The number of nitrogens with zero attached hydrogens (tertiary/aromatic N) is 1. The number of thiophene rings is 1. The molecule has 1 atom stereocenters. The third kappa shape index (κ3) is 3.57. The fraction of sp³-hybridized carbons (Fsp3) is 0.412. The molecule has 2 aromatic rings. The molecule has 2 nitrogen and oxygen atoms in total. The predicted molar refractivity (Wildman–Crippen MR) is 93.7 cm³/mol. The molecule has 1 aliphatic rings. The molecule has 0 saturated carbocycles. The van der Waals surface area contributed by atoms with Crippen LogP contribution in [0.4, 0.5) is 0 Å². The molecular weight excluding hydrogens is 344 g/mol. The van der Waals surface area contributed by atoms with Crippen LogP contribution in [0.2, 0.25) is 0 Å². The van der Waals surface area contributed by atoms with E-state index in [0.29, 0.717) is 6.04 Å². The molecule has 21 heavy (non-hydrogen) atoms. The van der Waals surface area contributed by atoms with Crippen molar-refractivity contribution in [3.05, 3.63) is 56.7 Å². The largest absolute Gasteiger partial charge is 0.307 e. The van der Waals surface area contributed by atoms with E-state index in [9.17, 15) is 0 Å². The quantitative estimate of drug-likeness (QED) is 0.865. The Labute approximate surface area is 139 Å². The number of rotatable bonds is 3. The van der Waals surface area contributed by atoms with E-state index in [4.69, 9.17) is 0 Å². The van der Waals surface area contributed by atoms with Crippen molar-refractivity contribution < 1.29 is 0 Å². The predicted octanol–water partition coefficient (Wildman–Crippen LogP) is 4.44. The molecule has 1 aromatic carbocycles. The van der Waals surface area contributed by atoms with Crippen molar-refractivity contribution in [2.24, 2.45) is 0 Å². The maximum atomic E-state index is 3.70. The highest BCUT2D eigenvalue weighted by molar-refractivity contribution is 9.10. The van der Waals surface area contributed by atoms with Crippen LogP contribution >= 0.6 is 27.3 Å². The number of hydrogen-bond donors (Lipinski definition) is 1. The van der Waals surface area contributed by atoms with Gasteiger partial charge in [0.2, 0.25) is 0 Å². The lowest BCUT2D eigenvalue weighted by Gasteiger charge is -2.46. The standard InChI is InChI=1S/C17H21BrN2S/c1-17(2)12-19-16(13-6-4-3-5-7-13)10-20(17)9-15-8-14(18)11-21-15/h3-8,11,16,19H,9-10,12H2,1-2H3. The summed E-state index contributed by atoms with van der Waals surface area (Å²) in [5, 5.41) is 5.86. The summed E-state index contributed by atoms with van der Waals surface area (Å²) in [5.74, 6) is 0. The molecule has 1 N–H and O–H groups in total. The van der Waals surface area contributed by atoms with E-state index < -0.39 is 0 Å². The Balaban J connectivity index is 1.76. The molecule has 1 saturated heterocycles. The first-order valence-corrected chi connectivity index (χ1v) is 8.98. The minimum Gasteiger partial charge on any atom is -0.307 e. The van der Waals surface area contributed by atoms with Gasteiger partial charge in [-0.15, -0.1) is 11.3 Å². The minimum atomic E-state index is 0.182. The number of halogens is 1. The second-order valence-corrected chi connectivity index (χ2v) is 8.18. The van der Waals surface area contributed by atoms with E-state index in [1.807, 2.05) is 11.3 Å². The van der Waals surface area contributed by atoms with Crippen molar-refractivity contribution in [2.75, 3.05) is 13.1 Å². The molecule has 2 heterocycles. The zero-order valence-corrected chi connectivity index (χ0v) is 14.9.